The van der Waals surface area contributed by atoms with Crippen LogP contribution in [0.3, 0.4) is 0 Å². The van der Waals surface area contributed by atoms with Gasteiger partial charge in [0.15, 0.2) is 0 Å². The Morgan fingerprint density at radius 1 is 0.760 bits per heavy atom. The number of likely N-dealkylation sites (tertiary alicyclic amines) is 2. The van der Waals surface area contributed by atoms with Crippen molar-refractivity contribution in [2.45, 2.75) is 98.4 Å². The van der Waals surface area contributed by atoms with Crippen molar-refractivity contribution in [1.82, 2.24) is 9.80 Å². The van der Waals surface area contributed by atoms with Crippen LogP contribution in [-0.4, -0.2) is 48.1 Å². The quantitative estimate of drug-likeness (QED) is 0.571. The Kier molecular flexibility index (Phi) is 7.83. The van der Waals surface area contributed by atoms with Gasteiger partial charge in [0, 0.05) is 12.1 Å². The first-order valence-corrected chi connectivity index (χ1v) is 11.3. The molecule has 0 aromatic carbocycles. The van der Waals surface area contributed by atoms with Gasteiger partial charge in [-0.2, -0.15) is 0 Å². The second kappa shape index (κ2) is 9.22. The Bertz CT molecular complexity index is 362. The van der Waals surface area contributed by atoms with Crippen LogP contribution in [0.4, 0.5) is 0 Å². The summed E-state index contributed by atoms with van der Waals surface area (Å²) in [5.74, 6) is 1.87. The minimum Gasteiger partial charge on any atom is -0.303 e. The van der Waals surface area contributed by atoms with E-state index in [0.717, 1.165) is 11.8 Å². The van der Waals surface area contributed by atoms with Crippen molar-refractivity contribution < 1.29 is 0 Å². The van der Waals surface area contributed by atoms with Crippen molar-refractivity contribution in [2.75, 3.05) is 32.7 Å². The highest BCUT2D eigenvalue weighted by atomic mass is 15.2. The van der Waals surface area contributed by atoms with Gasteiger partial charge >= 0.3 is 0 Å². The van der Waals surface area contributed by atoms with Gasteiger partial charge in [-0.15, -0.1) is 0 Å². The van der Waals surface area contributed by atoms with E-state index < -0.39 is 0 Å². The fourth-order valence-electron chi connectivity index (χ4n) is 5.52. The summed E-state index contributed by atoms with van der Waals surface area (Å²) in [6.45, 7) is 21.2. The molecule has 2 fully saturated rings. The third-order valence-electron chi connectivity index (χ3n) is 7.28. The molecule has 0 spiro atoms. The van der Waals surface area contributed by atoms with E-state index in [1.807, 2.05) is 0 Å². The Morgan fingerprint density at radius 3 is 1.72 bits per heavy atom. The smallest absolute Gasteiger partial charge is 0.0181 e. The zero-order valence-corrected chi connectivity index (χ0v) is 18.2. The van der Waals surface area contributed by atoms with E-state index in [9.17, 15) is 0 Å². The summed E-state index contributed by atoms with van der Waals surface area (Å²) in [6, 6.07) is 0. The van der Waals surface area contributed by atoms with Crippen molar-refractivity contribution in [3.05, 3.63) is 0 Å². The van der Waals surface area contributed by atoms with Crippen LogP contribution in [0.1, 0.15) is 92.9 Å². The molecule has 2 aliphatic heterocycles. The molecule has 0 atom stereocenters. The summed E-state index contributed by atoms with van der Waals surface area (Å²) in [7, 11) is 0. The molecule has 2 nitrogen and oxygen atoms in total. The highest BCUT2D eigenvalue weighted by molar-refractivity contribution is 4.89. The van der Waals surface area contributed by atoms with Crippen LogP contribution in [0.5, 0.6) is 0 Å². The molecular weight excluding hydrogens is 304 g/mol. The molecule has 0 radical (unpaired) electrons. The van der Waals surface area contributed by atoms with E-state index in [1.165, 1.54) is 84.1 Å². The molecule has 148 valence electrons. The van der Waals surface area contributed by atoms with Crippen molar-refractivity contribution in [3.8, 4) is 0 Å². The van der Waals surface area contributed by atoms with E-state index in [0.29, 0.717) is 11.0 Å². The topological polar surface area (TPSA) is 6.48 Å². The number of hydrogen-bond acceptors (Lipinski definition) is 2. The fraction of sp³-hybridized carbons (Fsp3) is 1.00. The Balaban J connectivity index is 1.75. The van der Waals surface area contributed by atoms with Gasteiger partial charge in [0.25, 0.3) is 0 Å². The molecule has 0 aromatic rings. The average Bonchev–Trinajstić information content (AvgIpc) is 2.55. The van der Waals surface area contributed by atoms with E-state index in [2.05, 4.69) is 51.3 Å². The lowest BCUT2D eigenvalue weighted by Crippen LogP contribution is -2.51. The van der Waals surface area contributed by atoms with E-state index >= 15 is 0 Å². The molecule has 0 unspecified atom stereocenters. The summed E-state index contributed by atoms with van der Waals surface area (Å²) in [6.07, 6.45) is 11.0. The first kappa shape index (κ1) is 21.2. The molecule has 2 rings (SSSR count). The monoisotopic (exact) mass is 350 g/mol. The lowest BCUT2D eigenvalue weighted by Gasteiger charge is -2.46. The molecule has 0 bridgehead atoms. The maximum Gasteiger partial charge on any atom is 0.0181 e. The number of hydrogen-bond donors (Lipinski definition) is 0. The molecule has 0 amide bonds. The van der Waals surface area contributed by atoms with Crippen LogP contribution in [0.25, 0.3) is 0 Å². The molecule has 25 heavy (non-hydrogen) atoms. The summed E-state index contributed by atoms with van der Waals surface area (Å²) in [5, 5.41) is 0. The van der Waals surface area contributed by atoms with Gasteiger partial charge in [-0.3, -0.25) is 4.90 Å². The van der Waals surface area contributed by atoms with Gasteiger partial charge in [-0.1, -0.05) is 47.5 Å². The number of piperidine rings is 2. The van der Waals surface area contributed by atoms with Gasteiger partial charge < -0.3 is 4.90 Å². The molecule has 2 saturated heterocycles. The maximum absolute atomic E-state index is 2.84. The SMILES string of the molecule is CCCC(C)(CCC)N1CCC(CN2CCC(C(C)(C)C)CC2)CC1. The highest BCUT2D eigenvalue weighted by Crippen LogP contribution is 2.35. The normalized spacial score (nSPS) is 23.3. The van der Waals surface area contributed by atoms with Gasteiger partial charge in [0.1, 0.15) is 0 Å². The van der Waals surface area contributed by atoms with E-state index in [1.54, 1.807) is 0 Å². The van der Waals surface area contributed by atoms with Gasteiger partial charge in [0.2, 0.25) is 0 Å². The van der Waals surface area contributed by atoms with E-state index in [4.69, 9.17) is 0 Å². The number of nitrogens with zero attached hydrogens (tertiary/aromatic N) is 2. The first-order chi connectivity index (χ1) is 11.8. The maximum atomic E-state index is 2.84. The molecule has 2 heterocycles. The minimum atomic E-state index is 0.458. The summed E-state index contributed by atoms with van der Waals surface area (Å²) in [4.78, 5) is 5.61. The first-order valence-electron chi connectivity index (χ1n) is 11.3. The molecule has 0 aliphatic carbocycles. The van der Waals surface area contributed by atoms with Crippen molar-refractivity contribution in [1.29, 1.82) is 0 Å². The van der Waals surface area contributed by atoms with Crippen LogP contribution in [0.15, 0.2) is 0 Å². The van der Waals surface area contributed by atoms with Gasteiger partial charge in [0.05, 0.1) is 0 Å². The molecule has 0 N–H and O–H groups in total. The third kappa shape index (κ3) is 5.96. The lowest BCUT2D eigenvalue weighted by molar-refractivity contribution is 0.0330. The van der Waals surface area contributed by atoms with Gasteiger partial charge in [-0.05, 0) is 88.9 Å². The zero-order valence-electron chi connectivity index (χ0n) is 18.2. The second-order valence-electron chi connectivity index (χ2n) is 10.4. The largest absolute Gasteiger partial charge is 0.303 e. The molecule has 0 saturated carbocycles. The molecular formula is C23H46N2. The Labute approximate surface area is 158 Å². The molecule has 2 heteroatoms. The third-order valence-corrected chi connectivity index (χ3v) is 7.28. The molecule has 0 aromatic heterocycles. The van der Waals surface area contributed by atoms with Crippen LogP contribution in [0.2, 0.25) is 0 Å². The second-order valence-corrected chi connectivity index (χ2v) is 10.4. The standard InChI is InChI=1S/C23H46N2/c1-7-13-23(6,14-8-2)25-17-9-20(10-18-25)19-24-15-11-21(12-16-24)22(3,4)5/h20-21H,7-19H2,1-6H3. The highest BCUT2D eigenvalue weighted by Gasteiger charge is 2.34. The minimum absolute atomic E-state index is 0.458. The lowest BCUT2D eigenvalue weighted by atomic mass is 9.75. The van der Waals surface area contributed by atoms with Crippen LogP contribution in [0, 0.1) is 17.3 Å². The average molecular weight is 351 g/mol. The van der Waals surface area contributed by atoms with Crippen molar-refractivity contribution in [3.63, 3.8) is 0 Å². The summed E-state index contributed by atoms with van der Waals surface area (Å²) >= 11 is 0. The van der Waals surface area contributed by atoms with Crippen molar-refractivity contribution >= 4 is 0 Å². The zero-order chi connectivity index (χ0) is 18.5. The molecule has 2 aliphatic rings. The summed E-state index contributed by atoms with van der Waals surface area (Å²) < 4.78 is 0. The Hall–Kier alpha value is -0.0800. The van der Waals surface area contributed by atoms with E-state index in [-0.39, 0.29) is 0 Å². The predicted octanol–water partition coefficient (Wildman–Crippen LogP) is 5.82. The summed E-state index contributed by atoms with van der Waals surface area (Å²) in [5.41, 5.74) is 0.958. The van der Waals surface area contributed by atoms with Crippen LogP contribution in [-0.2, 0) is 0 Å². The predicted molar refractivity (Wildman–Crippen MR) is 111 cm³/mol. The fourth-order valence-corrected chi connectivity index (χ4v) is 5.52. The number of rotatable bonds is 7. The van der Waals surface area contributed by atoms with Crippen molar-refractivity contribution in [2.24, 2.45) is 17.3 Å². The van der Waals surface area contributed by atoms with Crippen LogP contribution >= 0.6 is 0 Å². The van der Waals surface area contributed by atoms with Crippen LogP contribution < -0.4 is 0 Å². The Morgan fingerprint density at radius 2 is 1.28 bits per heavy atom. The van der Waals surface area contributed by atoms with Gasteiger partial charge in [-0.25, -0.2) is 0 Å².